The molecule has 1 aromatic carbocycles. The van der Waals surface area contributed by atoms with Crippen LogP contribution in [-0.2, 0) is 0 Å². The lowest BCUT2D eigenvalue weighted by molar-refractivity contribution is 0.0950. The molecule has 28 heavy (non-hydrogen) atoms. The minimum Gasteiger partial charge on any atom is -0.493 e. The standard InChI is InChI=1S/C18H17BrN4O4S/c1-25-13-6-10(7-14(26-2)17(13)27-3)9-20-23-18(24)12-8-11(21-22-12)15-4-5-16(19)28-15/h4-9H,1-3H3,(H,21,22)(H,23,24)/b20-9-. The van der Waals surface area contributed by atoms with Gasteiger partial charge in [-0.05, 0) is 46.3 Å². The van der Waals surface area contributed by atoms with Gasteiger partial charge in [-0.1, -0.05) is 0 Å². The van der Waals surface area contributed by atoms with E-state index in [0.29, 0.717) is 22.8 Å². The number of hydrogen-bond acceptors (Lipinski definition) is 7. The zero-order valence-electron chi connectivity index (χ0n) is 15.3. The fraction of sp³-hybridized carbons (Fsp3) is 0.167. The zero-order chi connectivity index (χ0) is 20.1. The number of aromatic nitrogens is 2. The Bertz CT molecular complexity index is 990. The summed E-state index contributed by atoms with van der Waals surface area (Å²) in [5.74, 6) is 1.04. The molecule has 3 rings (SSSR count). The number of rotatable bonds is 7. The van der Waals surface area contributed by atoms with Gasteiger partial charge in [-0.2, -0.15) is 10.2 Å². The number of aromatic amines is 1. The van der Waals surface area contributed by atoms with E-state index in [0.717, 1.165) is 14.4 Å². The van der Waals surface area contributed by atoms with Gasteiger partial charge < -0.3 is 14.2 Å². The van der Waals surface area contributed by atoms with Crippen molar-refractivity contribution in [1.82, 2.24) is 15.6 Å². The summed E-state index contributed by atoms with van der Waals surface area (Å²) >= 11 is 4.95. The minimum absolute atomic E-state index is 0.238. The van der Waals surface area contributed by atoms with Crippen molar-refractivity contribution in [3.8, 4) is 27.8 Å². The summed E-state index contributed by atoms with van der Waals surface area (Å²) in [6, 6.07) is 8.98. The molecule has 0 aliphatic carbocycles. The maximum atomic E-state index is 12.2. The minimum atomic E-state index is -0.429. The number of H-pyrrole nitrogens is 1. The van der Waals surface area contributed by atoms with Gasteiger partial charge in [-0.3, -0.25) is 9.89 Å². The summed E-state index contributed by atoms with van der Waals surface area (Å²) in [5, 5.41) is 10.9. The highest BCUT2D eigenvalue weighted by atomic mass is 79.9. The molecule has 146 valence electrons. The molecular formula is C18H17BrN4O4S. The van der Waals surface area contributed by atoms with Crippen LogP contribution in [0.1, 0.15) is 16.1 Å². The van der Waals surface area contributed by atoms with Crippen LogP contribution in [0.4, 0.5) is 0 Å². The van der Waals surface area contributed by atoms with Crippen molar-refractivity contribution in [2.45, 2.75) is 0 Å². The first-order chi connectivity index (χ1) is 13.5. The van der Waals surface area contributed by atoms with Gasteiger partial charge in [0.1, 0.15) is 0 Å². The van der Waals surface area contributed by atoms with Crippen LogP contribution in [0.5, 0.6) is 17.2 Å². The highest BCUT2D eigenvalue weighted by Crippen LogP contribution is 2.37. The van der Waals surface area contributed by atoms with Crippen LogP contribution in [0, 0.1) is 0 Å². The van der Waals surface area contributed by atoms with E-state index in [1.54, 1.807) is 29.5 Å². The van der Waals surface area contributed by atoms with Crippen LogP contribution < -0.4 is 19.6 Å². The zero-order valence-corrected chi connectivity index (χ0v) is 17.7. The highest BCUT2D eigenvalue weighted by Gasteiger charge is 2.14. The number of thiophene rings is 1. The molecule has 2 heterocycles. The fourth-order valence-corrected chi connectivity index (χ4v) is 3.77. The lowest BCUT2D eigenvalue weighted by atomic mass is 10.2. The molecule has 0 bridgehead atoms. The summed E-state index contributed by atoms with van der Waals surface area (Å²) in [5.41, 5.74) is 4.11. The van der Waals surface area contributed by atoms with Crippen LogP contribution in [0.2, 0.25) is 0 Å². The normalized spacial score (nSPS) is 10.9. The molecule has 3 aromatic rings. The third-order valence-electron chi connectivity index (χ3n) is 3.72. The molecule has 2 aromatic heterocycles. The smallest absolute Gasteiger partial charge is 0.291 e. The van der Waals surface area contributed by atoms with Gasteiger partial charge in [0.05, 0.1) is 41.9 Å². The van der Waals surface area contributed by atoms with Gasteiger partial charge in [0.15, 0.2) is 17.2 Å². The van der Waals surface area contributed by atoms with E-state index in [1.165, 1.54) is 27.5 Å². The van der Waals surface area contributed by atoms with Gasteiger partial charge in [-0.15, -0.1) is 11.3 Å². The summed E-state index contributed by atoms with van der Waals surface area (Å²) in [4.78, 5) is 13.2. The molecule has 0 fully saturated rings. The average molecular weight is 465 g/mol. The number of benzene rings is 1. The van der Waals surface area contributed by atoms with Crippen molar-refractivity contribution < 1.29 is 19.0 Å². The number of methoxy groups -OCH3 is 3. The van der Waals surface area contributed by atoms with Crippen molar-refractivity contribution >= 4 is 39.4 Å². The fourth-order valence-electron chi connectivity index (χ4n) is 2.42. The lowest BCUT2D eigenvalue weighted by Crippen LogP contribution is -2.18. The van der Waals surface area contributed by atoms with Crippen LogP contribution in [0.3, 0.4) is 0 Å². The molecule has 0 saturated carbocycles. The number of nitrogens with one attached hydrogen (secondary N) is 2. The largest absolute Gasteiger partial charge is 0.493 e. The van der Waals surface area contributed by atoms with Crippen LogP contribution in [-0.4, -0.2) is 43.6 Å². The molecule has 0 aliphatic heterocycles. The van der Waals surface area contributed by atoms with Crippen molar-refractivity contribution in [2.24, 2.45) is 5.10 Å². The van der Waals surface area contributed by atoms with Crippen molar-refractivity contribution in [2.75, 3.05) is 21.3 Å². The number of halogens is 1. The molecule has 1 amide bonds. The van der Waals surface area contributed by atoms with Crippen molar-refractivity contribution in [1.29, 1.82) is 0 Å². The Morgan fingerprint density at radius 2 is 1.89 bits per heavy atom. The third-order valence-corrected chi connectivity index (χ3v) is 5.37. The molecule has 0 saturated heterocycles. The number of amides is 1. The first-order valence-corrected chi connectivity index (χ1v) is 9.61. The molecule has 0 aliphatic rings. The van der Waals surface area contributed by atoms with Crippen LogP contribution >= 0.6 is 27.3 Å². The molecule has 0 radical (unpaired) electrons. The van der Waals surface area contributed by atoms with Crippen molar-refractivity contribution in [3.63, 3.8) is 0 Å². The van der Waals surface area contributed by atoms with Gasteiger partial charge in [0.2, 0.25) is 5.75 Å². The Morgan fingerprint density at radius 1 is 1.18 bits per heavy atom. The van der Waals surface area contributed by atoms with Crippen molar-refractivity contribution in [3.05, 3.63) is 45.4 Å². The van der Waals surface area contributed by atoms with E-state index < -0.39 is 5.91 Å². The Morgan fingerprint density at radius 3 is 2.46 bits per heavy atom. The first kappa shape index (κ1) is 19.9. The number of ether oxygens (including phenoxy) is 3. The topological polar surface area (TPSA) is 97.8 Å². The van der Waals surface area contributed by atoms with E-state index in [4.69, 9.17) is 14.2 Å². The summed E-state index contributed by atoms with van der Waals surface area (Å²) in [7, 11) is 4.59. The molecule has 0 atom stereocenters. The number of carbonyl (C=O) groups is 1. The predicted molar refractivity (Wildman–Crippen MR) is 111 cm³/mol. The van der Waals surface area contributed by atoms with Gasteiger partial charge in [0.25, 0.3) is 5.91 Å². The monoisotopic (exact) mass is 464 g/mol. The molecule has 8 nitrogen and oxygen atoms in total. The van der Waals surface area contributed by atoms with E-state index in [9.17, 15) is 4.79 Å². The molecule has 10 heteroatoms. The van der Waals surface area contributed by atoms with Gasteiger partial charge in [-0.25, -0.2) is 5.43 Å². The maximum Gasteiger partial charge on any atom is 0.291 e. The Balaban J connectivity index is 1.71. The highest BCUT2D eigenvalue weighted by molar-refractivity contribution is 9.11. The first-order valence-electron chi connectivity index (χ1n) is 8.00. The SMILES string of the molecule is COc1cc(/C=N\NC(=O)c2cc(-c3ccc(Br)s3)[nH]n2)cc(OC)c1OC. The Labute approximate surface area is 173 Å². The number of carbonyl (C=O) groups excluding carboxylic acids is 1. The second kappa shape index (κ2) is 8.89. The summed E-state index contributed by atoms with van der Waals surface area (Å²) in [6.45, 7) is 0. The van der Waals surface area contributed by atoms with E-state index in [-0.39, 0.29) is 5.69 Å². The van der Waals surface area contributed by atoms with Crippen LogP contribution in [0.25, 0.3) is 10.6 Å². The van der Waals surface area contributed by atoms with E-state index >= 15 is 0 Å². The summed E-state index contributed by atoms with van der Waals surface area (Å²) in [6.07, 6.45) is 1.48. The average Bonchev–Trinajstić information content (AvgIpc) is 3.36. The maximum absolute atomic E-state index is 12.2. The number of nitrogens with zero attached hydrogens (tertiary/aromatic N) is 2. The molecule has 0 spiro atoms. The Hall–Kier alpha value is -2.85. The lowest BCUT2D eigenvalue weighted by Gasteiger charge is -2.12. The summed E-state index contributed by atoms with van der Waals surface area (Å²) < 4.78 is 16.9. The second-order valence-corrected chi connectivity index (χ2v) is 7.89. The number of hydrogen-bond donors (Lipinski definition) is 2. The van der Waals surface area contributed by atoms with E-state index in [1.807, 2.05) is 12.1 Å². The molecular weight excluding hydrogens is 448 g/mol. The van der Waals surface area contributed by atoms with Gasteiger partial charge in [0, 0.05) is 5.56 Å². The number of hydrazone groups is 1. The Kier molecular flexibility index (Phi) is 6.32. The molecule has 2 N–H and O–H groups in total. The van der Waals surface area contributed by atoms with Crippen LogP contribution in [0.15, 0.2) is 39.2 Å². The quantitative estimate of drug-likeness (QED) is 0.410. The third kappa shape index (κ3) is 4.34. The predicted octanol–water partition coefficient (Wildman–Crippen LogP) is 3.69. The second-order valence-electron chi connectivity index (χ2n) is 5.43. The molecule has 0 unspecified atom stereocenters. The van der Waals surface area contributed by atoms with E-state index in [2.05, 4.69) is 36.7 Å². The van der Waals surface area contributed by atoms with Gasteiger partial charge >= 0.3 is 0 Å².